The van der Waals surface area contributed by atoms with Crippen LogP contribution in [0.1, 0.15) is 136 Å². The third-order valence-corrected chi connectivity index (χ3v) is 8.76. The fourth-order valence-corrected chi connectivity index (χ4v) is 5.53. The van der Waals surface area contributed by atoms with Gasteiger partial charge in [-0.1, -0.05) is 143 Å². The lowest BCUT2D eigenvalue weighted by atomic mass is 10.1. The molecule has 0 rings (SSSR count). The van der Waals surface area contributed by atoms with E-state index in [1.54, 1.807) is 6.08 Å². The van der Waals surface area contributed by atoms with Crippen molar-refractivity contribution in [3.8, 4) is 0 Å². The number of carbonyl (C=O) groups excluding carboxylic acids is 2. The van der Waals surface area contributed by atoms with Crippen molar-refractivity contribution in [1.29, 1.82) is 0 Å². The zero-order valence-electron chi connectivity index (χ0n) is 35.8. The number of allylic oxidation sites excluding steroid dienone is 15. The van der Waals surface area contributed by atoms with E-state index in [9.17, 15) is 19.5 Å². The van der Waals surface area contributed by atoms with Gasteiger partial charge in [-0.3, -0.25) is 9.59 Å². The van der Waals surface area contributed by atoms with Crippen LogP contribution in [0.5, 0.6) is 0 Å². The van der Waals surface area contributed by atoms with Gasteiger partial charge < -0.3 is 23.8 Å². The van der Waals surface area contributed by atoms with E-state index in [0.29, 0.717) is 12.8 Å². The van der Waals surface area contributed by atoms with Crippen molar-refractivity contribution >= 4 is 17.9 Å². The molecule has 0 aromatic carbocycles. The third kappa shape index (κ3) is 35.9. The molecule has 0 aromatic rings. The minimum atomic E-state index is -0.892. The predicted octanol–water partition coefficient (Wildman–Crippen LogP) is 11.5. The average Bonchev–Trinajstić information content (AvgIpc) is 3.15. The number of carbonyl (C=O) groups is 3. The molecule has 8 heteroatoms. The van der Waals surface area contributed by atoms with Crippen LogP contribution in [0.15, 0.2) is 97.2 Å². The van der Waals surface area contributed by atoms with Gasteiger partial charge in [0.25, 0.3) is 0 Å². The topological polar surface area (TPSA) is 99.1 Å². The summed E-state index contributed by atoms with van der Waals surface area (Å²) in [6.45, 7) is 4.35. The fourth-order valence-electron chi connectivity index (χ4n) is 5.53. The number of carboxylic acids is 1. The predicted molar refractivity (Wildman–Crippen MR) is 233 cm³/mol. The van der Waals surface area contributed by atoms with Gasteiger partial charge in [-0.25, -0.2) is 4.79 Å². The van der Waals surface area contributed by atoms with E-state index in [0.717, 1.165) is 83.5 Å². The summed E-state index contributed by atoms with van der Waals surface area (Å²) in [5.74, 6) is -1.65. The van der Waals surface area contributed by atoms with Gasteiger partial charge >= 0.3 is 17.9 Å². The number of hydrogen-bond acceptors (Lipinski definition) is 6. The van der Waals surface area contributed by atoms with Crippen LogP contribution >= 0.6 is 0 Å². The molecule has 1 N–H and O–H groups in total. The summed E-state index contributed by atoms with van der Waals surface area (Å²) in [7, 11) is 5.48. The lowest BCUT2D eigenvalue weighted by Crippen LogP contribution is -2.50. The summed E-state index contributed by atoms with van der Waals surface area (Å²) in [5.41, 5.74) is 0. The first kappa shape index (κ1) is 52.2. The maximum Gasteiger partial charge on any atom is 0.362 e. The lowest BCUT2D eigenvalue weighted by Gasteiger charge is -2.31. The molecule has 0 aliphatic heterocycles. The van der Waals surface area contributed by atoms with Crippen molar-refractivity contribution in [3.05, 3.63) is 97.2 Å². The molecule has 0 aliphatic carbocycles. The summed E-state index contributed by atoms with van der Waals surface area (Å²) in [6.07, 6.45) is 50.7. The smallest absolute Gasteiger partial charge is 0.362 e. The molecule has 0 saturated heterocycles. The van der Waals surface area contributed by atoms with Gasteiger partial charge in [0.1, 0.15) is 6.61 Å². The molecule has 0 fully saturated rings. The molecule has 316 valence electrons. The Hall–Kier alpha value is -3.75. The molecule has 0 aliphatic rings. The van der Waals surface area contributed by atoms with Crippen LogP contribution in [0.4, 0.5) is 0 Å². The van der Waals surface area contributed by atoms with Crippen LogP contribution in [-0.2, 0) is 28.6 Å². The van der Waals surface area contributed by atoms with E-state index in [4.69, 9.17) is 14.2 Å². The summed E-state index contributed by atoms with van der Waals surface area (Å²) < 4.78 is 17.1. The Balaban J connectivity index is 4.36. The zero-order valence-corrected chi connectivity index (χ0v) is 35.8. The number of likely N-dealkylation sites (N-methyl/N-ethyl adjacent to an activating group) is 1. The molecule has 0 heterocycles. The Bertz CT molecular complexity index is 1230. The van der Waals surface area contributed by atoms with Gasteiger partial charge in [-0.2, -0.15) is 0 Å². The second-order valence-electron chi connectivity index (χ2n) is 14.8. The summed E-state index contributed by atoms with van der Waals surface area (Å²) in [4.78, 5) is 36.8. The fraction of sp³-hybridized carbons (Fsp3) is 0.604. The molecule has 0 amide bonds. The van der Waals surface area contributed by atoms with Gasteiger partial charge in [0.05, 0.1) is 40.8 Å². The van der Waals surface area contributed by atoms with Crippen molar-refractivity contribution < 1.29 is 38.2 Å². The Morgan fingerprint density at radius 3 is 1.48 bits per heavy atom. The molecule has 2 unspecified atom stereocenters. The Kier molecular flexibility index (Phi) is 35.6. The van der Waals surface area contributed by atoms with Gasteiger partial charge in [-0.15, -0.1) is 0 Å². The van der Waals surface area contributed by atoms with E-state index >= 15 is 0 Å². The number of quaternary nitrogens is 1. The number of unbranched alkanes of at least 4 members (excludes halogenated alkanes) is 7. The van der Waals surface area contributed by atoms with Crippen LogP contribution in [0.25, 0.3) is 0 Å². The molecule has 0 spiro atoms. The molecule has 0 bridgehead atoms. The lowest BCUT2D eigenvalue weighted by molar-refractivity contribution is -0.887. The molecular weight excluding hydrogens is 703 g/mol. The highest BCUT2D eigenvalue weighted by Crippen LogP contribution is 2.12. The van der Waals surface area contributed by atoms with Gasteiger partial charge in [0.15, 0.2) is 12.1 Å². The van der Waals surface area contributed by atoms with Crippen molar-refractivity contribution in [2.45, 2.75) is 148 Å². The number of carboxylic acid groups (broad SMARTS) is 1. The first-order chi connectivity index (χ1) is 27.1. The van der Waals surface area contributed by atoms with Crippen molar-refractivity contribution in [2.75, 3.05) is 41.0 Å². The number of hydrogen-bond donors (Lipinski definition) is 1. The van der Waals surface area contributed by atoms with Gasteiger partial charge in [0, 0.05) is 12.8 Å². The minimum absolute atomic E-state index is 0.0231. The van der Waals surface area contributed by atoms with Crippen molar-refractivity contribution in [2.24, 2.45) is 0 Å². The average molecular weight is 781 g/mol. The number of aliphatic carboxylic acids is 1. The quantitative estimate of drug-likeness (QED) is 0.0292. The van der Waals surface area contributed by atoms with Crippen LogP contribution in [0.2, 0.25) is 0 Å². The van der Waals surface area contributed by atoms with E-state index in [2.05, 4.69) is 98.9 Å². The van der Waals surface area contributed by atoms with Gasteiger partial charge in [-0.05, 0) is 70.6 Å². The number of rotatable bonds is 36. The largest absolute Gasteiger partial charge is 0.477 e. The number of ether oxygens (including phenoxy) is 3. The molecule has 56 heavy (non-hydrogen) atoms. The van der Waals surface area contributed by atoms with Crippen LogP contribution < -0.4 is 0 Å². The zero-order chi connectivity index (χ0) is 41.4. The Morgan fingerprint density at radius 2 is 1.00 bits per heavy atom. The van der Waals surface area contributed by atoms with E-state index in [1.807, 2.05) is 27.2 Å². The Labute approximate surface area is 341 Å². The molecule has 8 nitrogen and oxygen atoms in total. The highest BCUT2D eigenvalue weighted by Gasteiger charge is 2.31. The molecule has 0 saturated carbocycles. The summed E-state index contributed by atoms with van der Waals surface area (Å²) in [6, 6.07) is -0.632. The standard InChI is InChI=1S/C48H77NO7/c1-6-8-10-12-14-16-17-18-19-20-21-22-23-24-25-26-27-28-29-31-33-35-37-39-47(51)56-44(42-54-41-40-45(48(52)53)49(3,4)5)43-55-46(50)38-36-34-32-30-15-13-11-9-7-2/h8-11,14-16,18-19,21-22,24-25,30,34,36,44-45H,6-7,12-13,17,20,23,26-29,31-33,35,37-43H2,1-5H3/p+1/b10-8+,11-9+,16-14+,19-18+,22-21+,25-24+,30-15+,36-34+. The maximum atomic E-state index is 12.7. The van der Waals surface area contributed by atoms with Crippen LogP contribution in [-0.4, -0.2) is 80.6 Å². The maximum absolute atomic E-state index is 12.7. The van der Waals surface area contributed by atoms with Gasteiger partial charge in [0.2, 0.25) is 0 Å². The van der Waals surface area contributed by atoms with E-state index in [-0.39, 0.29) is 36.7 Å². The van der Waals surface area contributed by atoms with E-state index in [1.165, 1.54) is 19.3 Å². The SMILES string of the molecule is CC/C=C/C/C=C/C/C=C/C/C=C/C/C=C/CCCCCCCCCC(=O)OC(COCCC(C(=O)O)[N+](C)(C)C)COC(=O)C/C=C/C/C=C/C/C=C/CC. The molecular formula is C48H78NO7+. The van der Waals surface area contributed by atoms with Crippen LogP contribution in [0, 0.1) is 0 Å². The van der Waals surface area contributed by atoms with Crippen LogP contribution in [0.3, 0.4) is 0 Å². The normalized spacial score (nSPS) is 13.9. The first-order valence-electron chi connectivity index (χ1n) is 21.3. The molecule has 2 atom stereocenters. The Morgan fingerprint density at radius 1 is 0.554 bits per heavy atom. The molecule has 0 radical (unpaired) electrons. The number of esters is 2. The first-order valence-corrected chi connectivity index (χ1v) is 21.3. The summed E-state index contributed by atoms with van der Waals surface area (Å²) >= 11 is 0. The van der Waals surface area contributed by atoms with Crippen molar-refractivity contribution in [3.63, 3.8) is 0 Å². The number of nitrogens with zero attached hydrogens (tertiary/aromatic N) is 1. The minimum Gasteiger partial charge on any atom is -0.477 e. The third-order valence-electron chi connectivity index (χ3n) is 8.76. The second kappa shape index (κ2) is 38.1. The summed E-state index contributed by atoms with van der Waals surface area (Å²) in [5, 5.41) is 9.59. The second-order valence-corrected chi connectivity index (χ2v) is 14.8. The highest BCUT2D eigenvalue weighted by molar-refractivity contribution is 5.72. The highest BCUT2D eigenvalue weighted by atomic mass is 16.6. The molecule has 0 aromatic heterocycles. The van der Waals surface area contributed by atoms with E-state index < -0.39 is 24.1 Å². The monoisotopic (exact) mass is 781 g/mol. The van der Waals surface area contributed by atoms with Crippen molar-refractivity contribution in [1.82, 2.24) is 0 Å².